The number of rotatable bonds is 3. The lowest BCUT2D eigenvalue weighted by Crippen LogP contribution is -2.44. The molecule has 9 heteroatoms. The average Bonchev–Trinajstić information content (AvgIpc) is 3.35. The molecule has 31 heavy (non-hydrogen) atoms. The largest absolute Gasteiger partial charge is 0.382 e. The minimum atomic E-state index is 0.296. The van der Waals surface area contributed by atoms with Gasteiger partial charge in [-0.15, -0.1) is 0 Å². The molecule has 2 aliphatic rings. The first-order valence-electron chi connectivity index (χ1n) is 10.7. The number of hydrogen-bond donors (Lipinski definition) is 1. The van der Waals surface area contributed by atoms with Crippen LogP contribution in [0.1, 0.15) is 32.4 Å². The molecule has 0 saturated carbocycles. The van der Waals surface area contributed by atoms with Gasteiger partial charge in [0.05, 0.1) is 23.4 Å². The van der Waals surface area contributed by atoms with Crippen molar-refractivity contribution in [3.05, 3.63) is 35.4 Å². The third kappa shape index (κ3) is 3.45. The van der Waals surface area contributed by atoms with Crippen molar-refractivity contribution in [2.24, 2.45) is 11.3 Å². The summed E-state index contributed by atoms with van der Waals surface area (Å²) >= 11 is 7.92. The number of hydrogen-bond acceptors (Lipinski definition) is 7. The number of nitrogens with zero attached hydrogens (tertiary/aromatic N) is 5. The Balaban J connectivity index is 1.45. The number of piperidine rings is 1. The molecule has 0 amide bonds. The lowest BCUT2D eigenvalue weighted by atomic mass is 9.70. The SMILES string of the molecule is Cc1nc(N2CCC3(CC2)CO[C@@H](C)[C@H]3C)c2nccn2c1Sc1ccnc(N)c1Cl. The summed E-state index contributed by atoms with van der Waals surface area (Å²) in [6.45, 7) is 9.38. The van der Waals surface area contributed by atoms with Crippen LogP contribution in [0, 0.1) is 18.3 Å². The maximum absolute atomic E-state index is 6.38. The number of anilines is 2. The average molecular weight is 459 g/mol. The highest BCUT2D eigenvalue weighted by atomic mass is 35.5. The van der Waals surface area contributed by atoms with Gasteiger partial charge in [0.2, 0.25) is 0 Å². The summed E-state index contributed by atoms with van der Waals surface area (Å²) in [5.41, 5.74) is 7.98. The summed E-state index contributed by atoms with van der Waals surface area (Å²) < 4.78 is 8.09. The quantitative estimate of drug-likeness (QED) is 0.620. The molecular weight excluding hydrogens is 432 g/mol. The summed E-state index contributed by atoms with van der Waals surface area (Å²) in [4.78, 5) is 16.9. The summed E-state index contributed by atoms with van der Waals surface area (Å²) in [5.74, 6) is 1.87. The molecule has 0 bridgehead atoms. The van der Waals surface area contributed by atoms with Crippen molar-refractivity contribution in [1.82, 2.24) is 19.4 Å². The Bertz CT molecular complexity index is 1130. The van der Waals surface area contributed by atoms with E-state index in [1.54, 1.807) is 6.20 Å². The lowest BCUT2D eigenvalue weighted by molar-refractivity contribution is 0.0969. The molecule has 2 saturated heterocycles. The molecule has 0 aliphatic carbocycles. The second-order valence-electron chi connectivity index (χ2n) is 8.71. The topological polar surface area (TPSA) is 81.6 Å². The maximum atomic E-state index is 6.38. The van der Waals surface area contributed by atoms with Crippen molar-refractivity contribution < 1.29 is 4.74 Å². The first kappa shape index (κ1) is 20.8. The van der Waals surface area contributed by atoms with E-state index in [1.165, 1.54) is 11.8 Å². The maximum Gasteiger partial charge on any atom is 0.181 e. The minimum Gasteiger partial charge on any atom is -0.382 e. The van der Waals surface area contributed by atoms with Gasteiger partial charge in [0.1, 0.15) is 10.8 Å². The van der Waals surface area contributed by atoms with Gasteiger partial charge >= 0.3 is 0 Å². The zero-order valence-electron chi connectivity index (χ0n) is 18.0. The van der Waals surface area contributed by atoms with Crippen LogP contribution in [0.25, 0.3) is 5.65 Å². The molecular formula is C22H27ClN6OS. The normalized spacial score (nSPS) is 23.2. The molecule has 0 radical (unpaired) electrons. The second-order valence-corrected chi connectivity index (χ2v) is 10.1. The van der Waals surface area contributed by atoms with E-state index in [-0.39, 0.29) is 0 Å². The van der Waals surface area contributed by atoms with Gasteiger partial charge in [0.25, 0.3) is 0 Å². The van der Waals surface area contributed by atoms with E-state index >= 15 is 0 Å². The third-order valence-corrected chi connectivity index (χ3v) is 8.85. The number of halogens is 1. The number of imidazole rings is 1. The Kier molecular flexibility index (Phi) is 5.27. The molecule has 164 valence electrons. The van der Waals surface area contributed by atoms with Crippen LogP contribution in [0.5, 0.6) is 0 Å². The Hall–Kier alpha value is -2.03. The van der Waals surface area contributed by atoms with Crippen molar-refractivity contribution in [3.63, 3.8) is 0 Å². The van der Waals surface area contributed by atoms with Crippen LogP contribution in [-0.4, -0.2) is 45.2 Å². The molecule has 2 N–H and O–H groups in total. The molecule has 0 unspecified atom stereocenters. The minimum absolute atomic E-state index is 0.296. The molecule has 1 spiro atoms. The van der Waals surface area contributed by atoms with Crippen LogP contribution in [0.2, 0.25) is 5.02 Å². The predicted molar refractivity (Wildman–Crippen MR) is 124 cm³/mol. The molecule has 2 aliphatic heterocycles. The van der Waals surface area contributed by atoms with Crippen LogP contribution >= 0.6 is 23.4 Å². The molecule has 7 nitrogen and oxygen atoms in total. The number of fused-ring (bicyclic) bond motifs is 1. The molecule has 2 atom stereocenters. The molecule has 5 heterocycles. The van der Waals surface area contributed by atoms with Crippen LogP contribution in [0.15, 0.2) is 34.6 Å². The van der Waals surface area contributed by atoms with Crippen LogP contribution in [0.4, 0.5) is 11.6 Å². The summed E-state index contributed by atoms with van der Waals surface area (Å²) in [5, 5.41) is 1.44. The van der Waals surface area contributed by atoms with Gasteiger partial charge in [-0.1, -0.05) is 30.3 Å². The Morgan fingerprint density at radius 3 is 2.71 bits per heavy atom. The van der Waals surface area contributed by atoms with Gasteiger partial charge in [-0.3, -0.25) is 4.40 Å². The first-order valence-corrected chi connectivity index (χ1v) is 11.9. The molecule has 5 rings (SSSR count). The number of nitrogens with two attached hydrogens (primary N) is 1. The molecule has 3 aromatic heterocycles. The standard InChI is InChI=1S/C22H27ClN6OS/c1-13-15(3)30-12-22(13)5-9-28(10-6-22)20-19-26-8-11-29(19)21(14(2)27-20)31-16-4-7-25-18(24)17(16)23/h4,7-8,11,13,15H,5-6,9-10,12H2,1-3H3,(H2,24,25)/t13-,15+/m1/s1. The van der Waals surface area contributed by atoms with E-state index in [1.807, 2.05) is 25.4 Å². The fourth-order valence-electron chi connectivity index (χ4n) is 4.86. The van der Waals surface area contributed by atoms with Crippen molar-refractivity contribution in [3.8, 4) is 0 Å². The highest BCUT2D eigenvalue weighted by molar-refractivity contribution is 7.99. The molecule has 0 aromatic carbocycles. The molecule has 3 aromatic rings. The fourth-order valence-corrected chi connectivity index (χ4v) is 6.06. The number of pyridine rings is 1. The van der Waals surface area contributed by atoms with E-state index in [4.69, 9.17) is 27.1 Å². The highest BCUT2D eigenvalue weighted by Gasteiger charge is 2.47. The highest BCUT2D eigenvalue weighted by Crippen LogP contribution is 2.47. The smallest absolute Gasteiger partial charge is 0.181 e. The van der Waals surface area contributed by atoms with Gasteiger partial charge in [-0.25, -0.2) is 15.0 Å². The van der Waals surface area contributed by atoms with E-state index in [0.717, 1.165) is 59.6 Å². The van der Waals surface area contributed by atoms with Gasteiger partial charge in [-0.05, 0) is 38.7 Å². The number of aromatic nitrogens is 4. The second kappa shape index (κ2) is 7.83. The van der Waals surface area contributed by atoms with Gasteiger partial charge < -0.3 is 15.4 Å². The number of ether oxygens (including phenoxy) is 1. The number of nitrogen functional groups attached to an aromatic ring is 1. The first-order chi connectivity index (χ1) is 14.9. The van der Waals surface area contributed by atoms with Crippen molar-refractivity contribution in [1.29, 1.82) is 0 Å². The zero-order chi connectivity index (χ0) is 21.8. The van der Waals surface area contributed by atoms with Crippen LogP contribution < -0.4 is 10.6 Å². The monoisotopic (exact) mass is 458 g/mol. The molecule has 2 fully saturated rings. The number of aryl methyl sites for hydroxylation is 1. The van der Waals surface area contributed by atoms with Gasteiger partial charge in [-0.2, -0.15) is 0 Å². The fraction of sp³-hybridized carbons (Fsp3) is 0.500. The Labute approximate surface area is 191 Å². The van der Waals surface area contributed by atoms with Gasteiger partial charge in [0, 0.05) is 42.0 Å². The Morgan fingerprint density at radius 2 is 2.00 bits per heavy atom. The Morgan fingerprint density at radius 1 is 1.23 bits per heavy atom. The predicted octanol–water partition coefficient (Wildman–Crippen LogP) is 4.46. The van der Waals surface area contributed by atoms with Gasteiger partial charge in [0.15, 0.2) is 11.5 Å². The zero-order valence-corrected chi connectivity index (χ0v) is 19.6. The van der Waals surface area contributed by atoms with Crippen molar-refractivity contribution >= 4 is 40.6 Å². The summed E-state index contributed by atoms with van der Waals surface area (Å²) in [6, 6.07) is 1.87. The van der Waals surface area contributed by atoms with Crippen molar-refractivity contribution in [2.75, 3.05) is 30.3 Å². The van der Waals surface area contributed by atoms with Crippen LogP contribution in [-0.2, 0) is 4.74 Å². The van der Waals surface area contributed by atoms with E-state index in [0.29, 0.717) is 28.3 Å². The van der Waals surface area contributed by atoms with Crippen LogP contribution in [0.3, 0.4) is 0 Å². The summed E-state index contributed by atoms with van der Waals surface area (Å²) in [7, 11) is 0. The van der Waals surface area contributed by atoms with E-state index in [2.05, 4.69) is 33.1 Å². The summed E-state index contributed by atoms with van der Waals surface area (Å²) in [6.07, 6.45) is 8.06. The van der Waals surface area contributed by atoms with Crippen molar-refractivity contribution in [2.45, 2.75) is 49.6 Å². The van der Waals surface area contributed by atoms with E-state index < -0.39 is 0 Å². The third-order valence-electron chi connectivity index (χ3n) is 7.09. The van der Waals surface area contributed by atoms with E-state index in [9.17, 15) is 0 Å². The lowest BCUT2D eigenvalue weighted by Gasteiger charge is -2.42.